The maximum atomic E-state index is 12.9. The van der Waals surface area contributed by atoms with E-state index in [0.717, 1.165) is 46.3 Å². The lowest BCUT2D eigenvalue weighted by Gasteiger charge is -2.29. The second-order valence-electron chi connectivity index (χ2n) is 10.1. The molecule has 1 aromatic carbocycles. The molecule has 1 aliphatic rings. The fourth-order valence-electron chi connectivity index (χ4n) is 4.92. The number of amides is 1. The van der Waals surface area contributed by atoms with Crippen LogP contribution in [0.5, 0.6) is 5.88 Å². The molecule has 2 aromatic heterocycles. The molecule has 0 saturated carbocycles. The molecule has 192 valence electrons. The molecule has 1 aliphatic heterocycles. The van der Waals surface area contributed by atoms with Crippen molar-refractivity contribution in [3.63, 3.8) is 0 Å². The predicted molar refractivity (Wildman–Crippen MR) is 138 cm³/mol. The van der Waals surface area contributed by atoms with E-state index in [4.69, 9.17) is 14.2 Å². The third kappa shape index (κ3) is 4.76. The number of ether oxygens (including phenoxy) is 3. The maximum absolute atomic E-state index is 12.9. The summed E-state index contributed by atoms with van der Waals surface area (Å²) in [7, 11) is 4.87. The van der Waals surface area contributed by atoms with Gasteiger partial charge in [0.2, 0.25) is 5.88 Å². The van der Waals surface area contributed by atoms with E-state index >= 15 is 0 Å². The Morgan fingerprint density at radius 1 is 1.14 bits per heavy atom. The Balaban J connectivity index is 1.74. The molecule has 1 unspecified atom stereocenters. The summed E-state index contributed by atoms with van der Waals surface area (Å²) in [4.78, 5) is 31.6. The highest BCUT2D eigenvalue weighted by Gasteiger charge is 2.35. The van der Waals surface area contributed by atoms with Crippen LogP contribution in [0.2, 0.25) is 0 Å². The van der Waals surface area contributed by atoms with Gasteiger partial charge in [-0.3, -0.25) is 4.90 Å². The molecule has 1 saturated heterocycles. The van der Waals surface area contributed by atoms with Gasteiger partial charge in [-0.25, -0.2) is 14.6 Å². The molecular weight excluding hydrogens is 458 g/mol. The number of methoxy groups -OCH3 is 2. The molecule has 8 nitrogen and oxygen atoms in total. The number of aryl methyl sites for hydroxylation is 2. The largest absolute Gasteiger partial charge is 0.480 e. The summed E-state index contributed by atoms with van der Waals surface area (Å²) < 4.78 is 18.1. The fourth-order valence-corrected chi connectivity index (χ4v) is 4.92. The average Bonchev–Trinajstić information content (AvgIpc) is 3.46. The molecule has 1 amide bonds. The van der Waals surface area contributed by atoms with E-state index in [1.165, 1.54) is 14.2 Å². The Morgan fingerprint density at radius 3 is 2.53 bits per heavy atom. The smallest absolute Gasteiger partial charge is 0.410 e. The van der Waals surface area contributed by atoms with Crippen molar-refractivity contribution < 1.29 is 23.8 Å². The molecule has 0 aliphatic carbocycles. The van der Waals surface area contributed by atoms with E-state index in [9.17, 15) is 9.59 Å². The first-order valence-electron chi connectivity index (χ1n) is 12.3. The Hall–Kier alpha value is -3.55. The minimum Gasteiger partial charge on any atom is -0.480 e. The second kappa shape index (κ2) is 9.84. The molecule has 0 spiro atoms. The second-order valence-corrected chi connectivity index (χ2v) is 10.1. The van der Waals surface area contributed by atoms with Gasteiger partial charge in [-0.2, -0.15) is 0 Å². The number of pyridine rings is 1. The molecule has 3 heterocycles. The topological polar surface area (TPSA) is 82.9 Å². The standard InChI is InChI=1S/C28H35N3O5/c1-8-17-15-20(26(32)35-7)25(34-6)29-24(17)18-11-12-21-19(14-18)16-23(30(21)5)22-10-9-13-31(22)27(33)36-28(2,3)4/h11-12,14-16,22H,8-10,13H2,1-7H3. The fraction of sp³-hybridized carbons (Fsp3) is 0.464. The number of hydrogen-bond donors (Lipinski definition) is 0. The molecule has 0 bridgehead atoms. The van der Waals surface area contributed by atoms with Crippen molar-refractivity contribution in [3.05, 3.63) is 47.2 Å². The van der Waals surface area contributed by atoms with Crippen LogP contribution >= 0.6 is 0 Å². The van der Waals surface area contributed by atoms with E-state index in [1.54, 1.807) is 6.07 Å². The van der Waals surface area contributed by atoms with Gasteiger partial charge in [-0.1, -0.05) is 13.0 Å². The summed E-state index contributed by atoms with van der Waals surface area (Å²) in [6, 6.07) is 10.1. The summed E-state index contributed by atoms with van der Waals surface area (Å²) in [5.74, 6) is -0.239. The number of hydrogen-bond acceptors (Lipinski definition) is 6. The van der Waals surface area contributed by atoms with Gasteiger partial charge in [0.15, 0.2) is 0 Å². The number of carbonyl (C=O) groups is 2. The van der Waals surface area contributed by atoms with Gasteiger partial charge in [0, 0.05) is 35.8 Å². The number of rotatable bonds is 5. The zero-order valence-corrected chi connectivity index (χ0v) is 22.2. The van der Waals surface area contributed by atoms with Crippen LogP contribution < -0.4 is 4.74 Å². The van der Waals surface area contributed by atoms with Gasteiger partial charge >= 0.3 is 12.1 Å². The molecule has 1 atom stereocenters. The van der Waals surface area contributed by atoms with Gasteiger partial charge < -0.3 is 18.8 Å². The molecule has 36 heavy (non-hydrogen) atoms. The summed E-state index contributed by atoms with van der Waals surface area (Å²) in [5.41, 5.74) is 4.55. The molecule has 0 N–H and O–H groups in total. The van der Waals surface area contributed by atoms with Crippen LogP contribution in [-0.4, -0.2) is 52.9 Å². The maximum Gasteiger partial charge on any atom is 0.410 e. The number of fused-ring (bicyclic) bond motifs is 1. The molecule has 4 rings (SSSR count). The lowest BCUT2D eigenvalue weighted by Crippen LogP contribution is -2.36. The summed E-state index contributed by atoms with van der Waals surface area (Å²) in [6.07, 6.45) is 2.25. The molecule has 1 fully saturated rings. The monoisotopic (exact) mass is 493 g/mol. The van der Waals surface area contributed by atoms with Crippen molar-refractivity contribution in [1.82, 2.24) is 14.5 Å². The highest BCUT2D eigenvalue weighted by molar-refractivity contribution is 5.93. The van der Waals surface area contributed by atoms with Crippen molar-refractivity contribution >= 4 is 23.0 Å². The minimum absolute atomic E-state index is 0.0375. The number of likely N-dealkylation sites (tertiary alicyclic amines) is 1. The van der Waals surface area contributed by atoms with E-state index in [2.05, 4.69) is 27.8 Å². The summed E-state index contributed by atoms with van der Waals surface area (Å²) >= 11 is 0. The Kier molecular flexibility index (Phi) is 6.98. The molecule has 3 aromatic rings. The lowest BCUT2D eigenvalue weighted by molar-refractivity contribution is 0.0219. The van der Waals surface area contributed by atoms with Crippen molar-refractivity contribution in [2.24, 2.45) is 7.05 Å². The summed E-state index contributed by atoms with van der Waals surface area (Å²) in [5, 5.41) is 1.06. The first-order valence-corrected chi connectivity index (χ1v) is 12.3. The Labute approximate surface area is 212 Å². The Morgan fingerprint density at radius 2 is 1.89 bits per heavy atom. The van der Waals surface area contributed by atoms with Crippen molar-refractivity contribution in [2.45, 2.75) is 58.6 Å². The van der Waals surface area contributed by atoms with Crippen molar-refractivity contribution in [1.29, 1.82) is 0 Å². The third-order valence-corrected chi connectivity index (χ3v) is 6.62. The molecular formula is C28H35N3O5. The predicted octanol–water partition coefficient (Wildman–Crippen LogP) is 5.67. The van der Waals surface area contributed by atoms with Gasteiger partial charge in [-0.15, -0.1) is 0 Å². The van der Waals surface area contributed by atoms with Crippen LogP contribution in [0.3, 0.4) is 0 Å². The van der Waals surface area contributed by atoms with Gasteiger partial charge in [-0.05, 0) is 69.9 Å². The van der Waals surface area contributed by atoms with Crippen LogP contribution in [0, 0.1) is 0 Å². The molecule has 0 radical (unpaired) electrons. The van der Waals surface area contributed by atoms with Crippen LogP contribution in [0.4, 0.5) is 4.79 Å². The lowest BCUT2D eigenvalue weighted by atomic mass is 10.0. The van der Waals surface area contributed by atoms with Crippen LogP contribution in [0.1, 0.15) is 68.2 Å². The number of benzene rings is 1. The quantitative estimate of drug-likeness (QED) is 0.426. The van der Waals surface area contributed by atoms with Crippen LogP contribution in [0.25, 0.3) is 22.2 Å². The average molecular weight is 494 g/mol. The summed E-state index contributed by atoms with van der Waals surface area (Å²) in [6.45, 7) is 8.37. The van der Waals surface area contributed by atoms with Gasteiger partial charge in [0.1, 0.15) is 11.2 Å². The highest BCUT2D eigenvalue weighted by Crippen LogP contribution is 2.37. The minimum atomic E-state index is -0.535. The van der Waals surface area contributed by atoms with Crippen LogP contribution in [0.15, 0.2) is 30.3 Å². The normalized spacial score (nSPS) is 15.9. The van der Waals surface area contributed by atoms with Crippen molar-refractivity contribution in [3.8, 4) is 17.1 Å². The van der Waals surface area contributed by atoms with E-state index in [0.29, 0.717) is 18.5 Å². The SMILES string of the molecule is CCc1cc(C(=O)OC)c(OC)nc1-c1ccc2c(c1)cc(C1CCCN1C(=O)OC(C)(C)C)n2C. The Bertz CT molecular complexity index is 1300. The number of carbonyl (C=O) groups excluding carboxylic acids is 2. The van der Waals surface area contributed by atoms with E-state index in [-0.39, 0.29) is 18.0 Å². The van der Waals surface area contributed by atoms with Gasteiger partial charge in [0.25, 0.3) is 0 Å². The first-order chi connectivity index (χ1) is 17.1. The number of aromatic nitrogens is 2. The van der Waals surface area contributed by atoms with E-state index < -0.39 is 11.6 Å². The zero-order valence-electron chi connectivity index (χ0n) is 22.2. The van der Waals surface area contributed by atoms with Crippen molar-refractivity contribution in [2.75, 3.05) is 20.8 Å². The third-order valence-electron chi connectivity index (χ3n) is 6.62. The molecule has 8 heteroatoms. The first kappa shape index (κ1) is 25.5. The highest BCUT2D eigenvalue weighted by atomic mass is 16.6. The van der Waals surface area contributed by atoms with Crippen LogP contribution in [-0.2, 0) is 22.9 Å². The van der Waals surface area contributed by atoms with Gasteiger partial charge in [0.05, 0.1) is 26.0 Å². The van der Waals surface area contributed by atoms with E-state index in [1.807, 2.05) is 45.7 Å². The zero-order chi connectivity index (χ0) is 26.2. The number of esters is 1. The number of nitrogens with zero attached hydrogens (tertiary/aromatic N) is 3.